The summed E-state index contributed by atoms with van der Waals surface area (Å²) in [5, 5.41) is 0. The van der Waals surface area contributed by atoms with Gasteiger partial charge in [-0.25, -0.2) is 4.79 Å². The van der Waals surface area contributed by atoms with Crippen molar-refractivity contribution in [1.29, 1.82) is 0 Å². The third-order valence-corrected chi connectivity index (χ3v) is 6.10. The molecule has 2 aromatic rings. The number of carbonyl (C=O) groups is 3. The maximum absolute atomic E-state index is 12.9. The van der Waals surface area contributed by atoms with Crippen molar-refractivity contribution in [3.63, 3.8) is 0 Å². The number of hydrogen-bond donors (Lipinski definition) is 0. The molecule has 4 atom stereocenters. The minimum atomic E-state index is -0.542. The average Bonchev–Trinajstić information content (AvgIpc) is 3.42. The fourth-order valence-corrected chi connectivity index (χ4v) is 4.77. The highest BCUT2D eigenvalue weighted by atomic mass is 16.6. The molecule has 2 bridgehead atoms. The van der Waals surface area contributed by atoms with Crippen LogP contribution >= 0.6 is 0 Å². The summed E-state index contributed by atoms with van der Waals surface area (Å²) < 4.78 is 10.6. The lowest BCUT2D eigenvalue weighted by molar-refractivity contribution is -0.123. The Morgan fingerprint density at radius 3 is 2.07 bits per heavy atom. The molecule has 1 saturated heterocycles. The smallest absolute Gasteiger partial charge is 0.343 e. The second-order valence-corrected chi connectivity index (χ2v) is 7.60. The lowest BCUT2D eigenvalue weighted by Gasteiger charge is -2.17. The topological polar surface area (TPSA) is 72.9 Å². The van der Waals surface area contributed by atoms with E-state index in [0.29, 0.717) is 22.7 Å². The standard InChI is InChI=1S/C23H19NO5/c1-28-17-4-2-3-5-18(17)29-23(27)13-8-10-16(11-9-13)24-21(25)19-14-6-7-15(12-14)20(19)22(24)26/h2-11,14-15,19-20H,12H2,1H3/t14-,15-,19-,20+/m0/s1. The van der Waals surface area contributed by atoms with Crippen LogP contribution in [0.4, 0.5) is 5.69 Å². The Kier molecular flexibility index (Phi) is 4.01. The summed E-state index contributed by atoms with van der Waals surface area (Å²) in [6, 6.07) is 13.2. The summed E-state index contributed by atoms with van der Waals surface area (Å²) in [5.74, 6) is -0.185. The Bertz CT molecular complexity index is 1010. The zero-order valence-electron chi connectivity index (χ0n) is 15.8. The van der Waals surface area contributed by atoms with Gasteiger partial charge in [-0.3, -0.25) is 14.5 Å². The van der Waals surface area contributed by atoms with Gasteiger partial charge < -0.3 is 9.47 Å². The molecular formula is C23H19NO5. The molecule has 0 radical (unpaired) electrons. The number of methoxy groups -OCH3 is 1. The number of amides is 2. The molecule has 1 heterocycles. The highest BCUT2D eigenvalue weighted by Gasteiger charge is 2.59. The number of imide groups is 1. The summed E-state index contributed by atoms with van der Waals surface area (Å²) >= 11 is 0. The monoisotopic (exact) mass is 389 g/mol. The van der Waals surface area contributed by atoms with E-state index < -0.39 is 5.97 Å². The molecule has 0 N–H and O–H groups in total. The Balaban J connectivity index is 1.35. The number of rotatable bonds is 4. The maximum atomic E-state index is 12.9. The Labute approximate surface area is 167 Å². The van der Waals surface area contributed by atoms with Crippen molar-refractivity contribution in [3.8, 4) is 11.5 Å². The number of fused-ring (bicyclic) bond motifs is 5. The molecule has 2 aromatic carbocycles. The molecule has 3 aliphatic rings. The molecule has 0 spiro atoms. The molecule has 29 heavy (non-hydrogen) atoms. The number of anilines is 1. The van der Waals surface area contributed by atoms with E-state index in [4.69, 9.17) is 9.47 Å². The van der Waals surface area contributed by atoms with Gasteiger partial charge in [-0.05, 0) is 54.7 Å². The molecule has 1 aliphatic heterocycles. The van der Waals surface area contributed by atoms with Crippen molar-refractivity contribution in [3.05, 3.63) is 66.2 Å². The minimum absolute atomic E-state index is 0.138. The van der Waals surface area contributed by atoms with Gasteiger partial charge in [0.15, 0.2) is 11.5 Å². The highest BCUT2D eigenvalue weighted by Crippen LogP contribution is 2.53. The third-order valence-electron chi connectivity index (χ3n) is 6.10. The van der Waals surface area contributed by atoms with Crippen LogP contribution in [-0.4, -0.2) is 24.9 Å². The van der Waals surface area contributed by atoms with Crippen LogP contribution in [-0.2, 0) is 9.59 Å². The molecule has 2 amide bonds. The van der Waals surface area contributed by atoms with Crippen molar-refractivity contribution < 1.29 is 23.9 Å². The Hall–Kier alpha value is -3.41. The van der Waals surface area contributed by atoms with Crippen LogP contribution in [0.1, 0.15) is 16.8 Å². The molecule has 5 rings (SSSR count). The van der Waals surface area contributed by atoms with E-state index in [0.717, 1.165) is 6.42 Å². The molecule has 0 unspecified atom stereocenters. The van der Waals surface area contributed by atoms with E-state index in [2.05, 4.69) is 12.2 Å². The predicted molar refractivity (Wildman–Crippen MR) is 105 cm³/mol. The number of ether oxygens (including phenoxy) is 2. The predicted octanol–water partition coefficient (Wildman–Crippen LogP) is 3.23. The van der Waals surface area contributed by atoms with E-state index in [1.165, 1.54) is 12.0 Å². The molecule has 146 valence electrons. The van der Waals surface area contributed by atoms with Gasteiger partial charge >= 0.3 is 5.97 Å². The average molecular weight is 389 g/mol. The van der Waals surface area contributed by atoms with Gasteiger partial charge in [0.05, 0.1) is 30.2 Å². The SMILES string of the molecule is COc1ccccc1OC(=O)c1ccc(N2C(=O)[C@@H]3[C@H](C2=O)[C@H]2C=C[C@H]3C2)cc1. The Morgan fingerprint density at radius 1 is 0.897 bits per heavy atom. The van der Waals surface area contributed by atoms with Crippen molar-refractivity contribution in [2.45, 2.75) is 6.42 Å². The number of esters is 1. The molecule has 2 aliphatic carbocycles. The summed E-state index contributed by atoms with van der Waals surface area (Å²) in [4.78, 5) is 39.5. The number of para-hydroxylation sites is 2. The first kappa shape index (κ1) is 17.7. The van der Waals surface area contributed by atoms with Gasteiger partial charge in [0.25, 0.3) is 0 Å². The normalized spacial score (nSPS) is 26.7. The van der Waals surface area contributed by atoms with Crippen molar-refractivity contribution >= 4 is 23.5 Å². The lowest BCUT2D eigenvalue weighted by Crippen LogP contribution is -2.32. The van der Waals surface area contributed by atoms with Crippen molar-refractivity contribution in [2.24, 2.45) is 23.7 Å². The van der Waals surface area contributed by atoms with Gasteiger partial charge in [0.2, 0.25) is 11.8 Å². The second kappa shape index (κ2) is 6.58. The van der Waals surface area contributed by atoms with Crippen LogP contribution in [0.25, 0.3) is 0 Å². The highest BCUT2D eigenvalue weighted by molar-refractivity contribution is 6.22. The van der Waals surface area contributed by atoms with Crippen LogP contribution in [0.2, 0.25) is 0 Å². The maximum Gasteiger partial charge on any atom is 0.343 e. The first-order chi connectivity index (χ1) is 14.1. The van der Waals surface area contributed by atoms with Crippen molar-refractivity contribution in [2.75, 3.05) is 12.0 Å². The molecule has 6 heteroatoms. The van der Waals surface area contributed by atoms with Crippen LogP contribution in [0.15, 0.2) is 60.7 Å². The quantitative estimate of drug-likeness (QED) is 0.347. The van der Waals surface area contributed by atoms with Crippen LogP contribution in [0.5, 0.6) is 11.5 Å². The zero-order chi connectivity index (χ0) is 20.1. The minimum Gasteiger partial charge on any atom is -0.493 e. The summed E-state index contributed by atoms with van der Waals surface area (Å²) in [5.41, 5.74) is 0.809. The van der Waals surface area contributed by atoms with E-state index in [9.17, 15) is 14.4 Å². The van der Waals surface area contributed by atoms with Gasteiger partial charge in [0, 0.05) is 0 Å². The summed E-state index contributed by atoms with van der Waals surface area (Å²) in [6.07, 6.45) is 5.03. The Morgan fingerprint density at radius 2 is 1.48 bits per heavy atom. The molecule has 6 nitrogen and oxygen atoms in total. The van der Waals surface area contributed by atoms with E-state index in [-0.39, 0.29) is 35.5 Å². The molecular weight excluding hydrogens is 370 g/mol. The van der Waals surface area contributed by atoms with Crippen LogP contribution in [0, 0.1) is 23.7 Å². The molecule has 0 aromatic heterocycles. The van der Waals surface area contributed by atoms with Crippen LogP contribution in [0.3, 0.4) is 0 Å². The third kappa shape index (κ3) is 2.67. The van der Waals surface area contributed by atoms with Gasteiger partial charge in [-0.1, -0.05) is 24.3 Å². The fourth-order valence-electron chi connectivity index (χ4n) is 4.77. The van der Waals surface area contributed by atoms with E-state index in [1.807, 2.05) is 0 Å². The largest absolute Gasteiger partial charge is 0.493 e. The number of allylic oxidation sites excluding steroid dienone is 2. The first-order valence-corrected chi connectivity index (χ1v) is 9.60. The fraction of sp³-hybridized carbons (Fsp3) is 0.261. The van der Waals surface area contributed by atoms with E-state index >= 15 is 0 Å². The summed E-state index contributed by atoms with van der Waals surface area (Å²) in [6.45, 7) is 0. The van der Waals surface area contributed by atoms with Crippen LogP contribution < -0.4 is 14.4 Å². The number of benzene rings is 2. The lowest BCUT2D eigenvalue weighted by atomic mass is 9.85. The number of hydrogen-bond acceptors (Lipinski definition) is 5. The number of carbonyl (C=O) groups excluding carboxylic acids is 3. The molecule has 2 fully saturated rings. The summed E-state index contributed by atoms with van der Waals surface area (Å²) in [7, 11) is 1.50. The van der Waals surface area contributed by atoms with Crippen molar-refractivity contribution in [1.82, 2.24) is 0 Å². The van der Waals surface area contributed by atoms with E-state index in [1.54, 1.807) is 48.5 Å². The van der Waals surface area contributed by atoms with Gasteiger partial charge in [0.1, 0.15) is 0 Å². The van der Waals surface area contributed by atoms with Gasteiger partial charge in [-0.2, -0.15) is 0 Å². The second-order valence-electron chi connectivity index (χ2n) is 7.60. The zero-order valence-corrected chi connectivity index (χ0v) is 15.8. The first-order valence-electron chi connectivity index (χ1n) is 9.60. The van der Waals surface area contributed by atoms with Gasteiger partial charge in [-0.15, -0.1) is 0 Å². The molecule has 1 saturated carbocycles. The number of nitrogens with zero attached hydrogens (tertiary/aromatic N) is 1.